The fourth-order valence-corrected chi connectivity index (χ4v) is 1.70. The number of benzene rings is 1. The molecule has 0 spiro atoms. The van der Waals surface area contributed by atoms with Crippen LogP contribution in [0.1, 0.15) is 32.6 Å². The van der Waals surface area contributed by atoms with Gasteiger partial charge in [0.2, 0.25) is 5.91 Å². The molecule has 0 saturated heterocycles. The maximum atomic E-state index is 11.6. The van der Waals surface area contributed by atoms with E-state index in [0.717, 1.165) is 0 Å². The Hall–Kier alpha value is -2.50. The van der Waals surface area contributed by atoms with Crippen LogP contribution in [0.4, 0.5) is 5.69 Å². The molecule has 1 aromatic carbocycles. The quantitative estimate of drug-likeness (QED) is 0.427. The third-order valence-electron chi connectivity index (χ3n) is 2.67. The number of hydrogen-bond donors (Lipinski definition) is 1. The van der Waals surface area contributed by atoms with E-state index in [9.17, 15) is 19.2 Å². The summed E-state index contributed by atoms with van der Waals surface area (Å²) in [4.78, 5) is 45.0. The molecule has 22 heavy (non-hydrogen) atoms. The first kappa shape index (κ1) is 17.6. The van der Waals surface area contributed by atoms with Crippen LogP contribution in [0.15, 0.2) is 30.3 Å². The molecule has 0 saturated carbocycles. The zero-order chi connectivity index (χ0) is 16.4. The van der Waals surface area contributed by atoms with Gasteiger partial charge in [-0.15, -0.1) is 0 Å². The largest absolute Gasteiger partial charge is 0.465 e. The minimum atomic E-state index is -0.596. The Bertz CT molecular complexity index is 539. The second kappa shape index (κ2) is 9.44. The van der Waals surface area contributed by atoms with Crippen molar-refractivity contribution in [2.75, 3.05) is 11.9 Å². The van der Waals surface area contributed by atoms with E-state index in [2.05, 4.69) is 5.32 Å². The number of rotatable bonds is 9. The maximum absolute atomic E-state index is 11.6. The lowest BCUT2D eigenvalue weighted by molar-refractivity contribution is -0.146. The van der Waals surface area contributed by atoms with Crippen molar-refractivity contribution in [3.05, 3.63) is 30.3 Å². The zero-order valence-corrected chi connectivity index (χ0v) is 12.5. The van der Waals surface area contributed by atoms with Crippen LogP contribution in [0, 0.1) is 0 Å². The standard InChI is InChI=1S/C16H19NO5/c1-12(18)10-16(21)22-9-5-8-14(19)11-15(20)17-13-6-3-2-4-7-13/h2-4,6-7H,5,8-11H2,1H3,(H,17,20). The Balaban J connectivity index is 2.16. The Morgan fingerprint density at radius 1 is 1.05 bits per heavy atom. The van der Waals surface area contributed by atoms with Gasteiger partial charge in [0.25, 0.3) is 0 Å². The zero-order valence-electron chi connectivity index (χ0n) is 12.5. The van der Waals surface area contributed by atoms with Gasteiger partial charge in [-0.3, -0.25) is 19.2 Å². The first-order valence-electron chi connectivity index (χ1n) is 6.99. The van der Waals surface area contributed by atoms with Crippen LogP contribution in [0.2, 0.25) is 0 Å². The van der Waals surface area contributed by atoms with E-state index in [-0.39, 0.29) is 43.3 Å². The van der Waals surface area contributed by atoms with E-state index < -0.39 is 5.97 Å². The van der Waals surface area contributed by atoms with Gasteiger partial charge < -0.3 is 10.1 Å². The van der Waals surface area contributed by atoms with Gasteiger partial charge in [0.1, 0.15) is 18.0 Å². The van der Waals surface area contributed by atoms with Crippen LogP contribution in [0.25, 0.3) is 0 Å². The fourth-order valence-electron chi connectivity index (χ4n) is 1.70. The number of carbonyl (C=O) groups is 4. The summed E-state index contributed by atoms with van der Waals surface area (Å²) in [6, 6.07) is 8.86. The Morgan fingerprint density at radius 2 is 1.73 bits per heavy atom. The molecule has 0 aliphatic heterocycles. The molecule has 0 aliphatic carbocycles. The summed E-state index contributed by atoms with van der Waals surface area (Å²) < 4.78 is 4.79. The lowest BCUT2D eigenvalue weighted by Gasteiger charge is -2.05. The Kier molecular flexibility index (Phi) is 7.53. The van der Waals surface area contributed by atoms with Crippen LogP contribution >= 0.6 is 0 Å². The van der Waals surface area contributed by atoms with Gasteiger partial charge in [-0.05, 0) is 25.5 Å². The highest BCUT2D eigenvalue weighted by molar-refractivity contribution is 6.04. The van der Waals surface area contributed by atoms with E-state index >= 15 is 0 Å². The molecule has 1 aromatic rings. The number of para-hydroxylation sites is 1. The summed E-state index contributed by atoms with van der Waals surface area (Å²) in [5.74, 6) is -1.46. The number of carbonyl (C=O) groups excluding carboxylic acids is 4. The second-order valence-corrected chi connectivity index (χ2v) is 4.83. The van der Waals surface area contributed by atoms with Crippen molar-refractivity contribution in [1.29, 1.82) is 0 Å². The summed E-state index contributed by atoms with van der Waals surface area (Å²) in [5, 5.41) is 2.62. The lowest BCUT2D eigenvalue weighted by atomic mass is 10.1. The molecule has 0 fully saturated rings. The Labute approximate surface area is 128 Å². The molecule has 0 bridgehead atoms. The highest BCUT2D eigenvalue weighted by atomic mass is 16.5. The molecule has 1 rings (SSSR count). The first-order valence-corrected chi connectivity index (χ1v) is 6.99. The number of ether oxygens (including phenoxy) is 1. The van der Waals surface area contributed by atoms with Gasteiger partial charge in [0.15, 0.2) is 0 Å². The lowest BCUT2D eigenvalue weighted by Crippen LogP contribution is -2.17. The summed E-state index contributed by atoms with van der Waals surface area (Å²) in [5.41, 5.74) is 0.637. The third kappa shape index (κ3) is 7.94. The molecule has 0 aromatic heterocycles. The van der Waals surface area contributed by atoms with Gasteiger partial charge in [-0.25, -0.2) is 0 Å². The molecular weight excluding hydrogens is 286 g/mol. The highest BCUT2D eigenvalue weighted by Crippen LogP contribution is 2.06. The normalized spacial score (nSPS) is 9.86. The molecule has 6 nitrogen and oxygen atoms in total. The summed E-state index contributed by atoms with van der Waals surface area (Å²) in [6.07, 6.45) is 0.0143. The van der Waals surface area contributed by atoms with Crippen molar-refractivity contribution in [3.63, 3.8) is 0 Å². The molecule has 6 heteroatoms. The smallest absolute Gasteiger partial charge is 0.313 e. The van der Waals surface area contributed by atoms with Crippen LogP contribution in [0.5, 0.6) is 0 Å². The third-order valence-corrected chi connectivity index (χ3v) is 2.67. The van der Waals surface area contributed by atoms with Gasteiger partial charge in [0, 0.05) is 12.1 Å². The second-order valence-electron chi connectivity index (χ2n) is 4.83. The number of hydrogen-bond acceptors (Lipinski definition) is 5. The highest BCUT2D eigenvalue weighted by Gasteiger charge is 2.11. The van der Waals surface area contributed by atoms with Crippen molar-refractivity contribution in [3.8, 4) is 0 Å². The Morgan fingerprint density at radius 3 is 2.36 bits per heavy atom. The SMILES string of the molecule is CC(=O)CC(=O)OCCCC(=O)CC(=O)Nc1ccccc1. The van der Waals surface area contributed by atoms with Crippen molar-refractivity contribution < 1.29 is 23.9 Å². The maximum Gasteiger partial charge on any atom is 0.313 e. The van der Waals surface area contributed by atoms with Crippen molar-refractivity contribution in [2.45, 2.75) is 32.6 Å². The van der Waals surface area contributed by atoms with Crippen molar-refractivity contribution in [2.24, 2.45) is 0 Å². The predicted octanol–water partition coefficient (Wildman–Crippen LogP) is 1.89. The van der Waals surface area contributed by atoms with Crippen molar-refractivity contribution >= 4 is 29.1 Å². The predicted molar refractivity (Wildman–Crippen MR) is 80.2 cm³/mol. The molecule has 0 radical (unpaired) electrons. The van der Waals surface area contributed by atoms with Crippen LogP contribution in [-0.4, -0.2) is 30.0 Å². The van der Waals surface area contributed by atoms with E-state index in [4.69, 9.17) is 4.74 Å². The summed E-state index contributed by atoms with van der Waals surface area (Å²) in [7, 11) is 0. The van der Waals surface area contributed by atoms with E-state index in [1.165, 1.54) is 6.92 Å². The summed E-state index contributed by atoms with van der Waals surface area (Å²) in [6.45, 7) is 1.37. The minimum absolute atomic E-state index is 0.0676. The van der Waals surface area contributed by atoms with Crippen molar-refractivity contribution in [1.82, 2.24) is 0 Å². The van der Waals surface area contributed by atoms with Gasteiger partial charge >= 0.3 is 5.97 Å². The molecule has 1 amide bonds. The molecule has 0 unspecified atom stereocenters. The molecule has 0 heterocycles. The van der Waals surface area contributed by atoms with Gasteiger partial charge in [-0.1, -0.05) is 18.2 Å². The van der Waals surface area contributed by atoms with Crippen LogP contribution < -0.4 is 5.32 Å². The average Bonchev–Trinajstić information content (AvgIpc) is 2.43. The first-order chi connectivity index (χ1) is 10.5. The molecule has 118 valence electrons. The average molecular weight is 305 g/mol. The van der Waals surface area contributed by atoms with E-state index in [1.807, 2.05) is 6.07 Å². The molecule has 1 N–H and O–H groups in total. The van der Waals surface area contributed by atoms with E-state index in [1.54, 1.807) is 24.3 Å². The topological polar surface area (TPSA) is 89.5 Å². The fraction of sp³-hybridized carbons (Fsp3) is 0.375. The number of amides is 1. The number of anilines is 1. The molecule has 0 aliphatic rings. The number of esters is 1. The van der Waals surface area contributed by atoms with E-state index in [0.29, 0.717) is 12.1 Å². The number of Topliss-reactive ketones (excluding diaryl/α,β-unsaturated/α-hetero) is 2. The summed E-state index contributed by atoms with van der Waals surface area (Å²) >= 11 is 0. The monoisotopic (exact) mass is 305 g/mol. The molecular formula is C16H19NO5. The number of ketones is 2. The minimum Gasteiger partial charge on any atom is -0.465 e. The number of nitrogens with one attached hydrogen (secondary N) is 1. The van der Waals surface area contributed by atoms with Gasteiger partial charge in [-0.2, -0.15) is 0 Å². The molecule has 0 atom stereocenters. The van der Waals surface area contributed by atoms with Gasteiger partial charge in [0.05, 0.1) is 13.0 Å². The van der Waals surface area contributed by atoms with Crippen LogP contribution in [0.3, 0.4) is 0 Å². The van der Waals surface area contributed by atoms with Crippen LogP contribution in [-0.2, 0) is 23.9 Å².